The summed E-state index contributed by atoms with van der Waals surface area (Å²) in [5.41, 5.74) is 1.09. The average Bonchev–Trinajstić information content (AvgIpc) is 3.14. The number of ether oxygens (including phenoxy) is 1. The molecule has 0 aliphatic carbocycles. The second kappa shape index (κ2) is 8.76. The highest BCUT2D eigenvalue weighted by atomic mass is 35.5. The lowest BCUT2D eigenvalue weighted by Crippen LogP contribution is -2.44. The third-order valence-corrected chi connectivity index (χ3v) is 4.73. The number of aromatic nitrogens is 1. The van der Waals surface area contributed by atoms with E-state index < -0.39 is 0 Å². The van der Waals surface area contributed by atoms with Crippen LogP contribution in [0.5, 0.6) is 5.75 Å². The zero-order chi connectivity index (χ0) is 18.4. The quantitative estimate of drug-likeness (QED) is 0.623. The number of pyridine rings is 1. The Morgan fingerprint density at radius 3 is 2.96 bits per heavy atom. The van der Waals surface area contributed by atoms with Crippen molar-refractivity contribution in [2.75, 3.05) is 32.1 Å². The lowest BCUT2D eigenvalue weighted by molar-refractivity contribution is 0.409. The fourth-order valence-corrected chi connectivity index (χ4v) is 3.34. The van der Waals surface area contributed by atoms with Gasteiger partial charge in [0.1, 0.15) is 11.6 Å². The molecule has 26 heavy (non-hydrogen) atoms. The van der Waals surface area contributed by atoms with Crippen molar-refractivity contribution in [3.63, 3.8) is 0 Å². The molecule has 6 nitrogen and oxygen atoms in total. The van der Waals surface area contributed by atoms with Gasteiger partial charge in [0.25, 0.3) is 0 Å². The van der Waals surface area contributed by atoms with Crippen LogP contribution in [0, 0.1) is 0 Å². The molecule has 0 spiro atoms. The summed E-state index contributed by atoms with van der Waals surface area (Å²) >= 11 is 6.26. The van der Waals surface area contributed by atoms with E-state index in [1.54, 1.807) is 20.4 Å². The van der Waals surface area contributed by atoms with Crippen LogP contribution in [0.25, 0.3) is 0 Å². The highest BCUT2D eigenvalue weighted by Gasteiger charge is 2.25. The Hall–Kier alpha value is -2.47. The first-order valence-corrected chi connectivity index (χ1v) is 9.03. The Morgan fingerprint density at radius 1 is 1.35 bits per heavy atom. The summed E-state index contributed by atoms with van der Waals surface area (Å²) in [5.74, 6) is 2.48. The van der Waals surface area contributed by atoms with E-state index in [0.717, 1.165) is 42.6 Å². The zero-order valence-corrected chi connectivity index (χ0v) is 15.8. The Labute approximate surface area is 159 Å². The highest BCUT2D eigenvalue weighted by Crippen LogP contribution is 2.25. The van der Waals surface area contributed by atoms with Crippen molar-refractivity contribution in [1.29, 1.82) is 0 Å². The molecule has 138 valence electrons. The Kier molecular flexibility index (Phi) is 6.17. The molecule has 1 aromatic heterocycles. The number of nitrogens with zero attached hydrogens (tertiary/aromatic N) is 3. The van der Waals surface area contributed by atoms with Crippen molar-refractivity contribution in [3.8, 4) is 5.75 Å². The molecule has 0 bridgehead atoms. The molecule has 2 heterocycles. The zero-order valence-electron chi connectivity index (χ0n) is 15.1. The average molecular weight is 374 g/mol. The highest BCUT2D eigenvalue weighted by molar-refractivity contribution is 6.32. The number of halogens is 1. The molecule has 0 amide bonds. The second-order valence-corrected chi connectivity index (χ2v) is 6.53. The van der Waals surface area contributed by atoms with Crippen LogP contribution in [0.15, 0.2) is 47.6 Å². The fraction of sp³-hybridized carbons (Fsp3) is 0.368. The maximum absolute atomic E-state index is 6.26. The Balaban J connectivity index is 1.55. The molecule has 0 radical (unpaired) electrons. The van der Waals surface area contributed by atoms with E-state index in [1.165, 1.54) is 0 Å². The fourth-order valence-electron chi connectivity index (χ4n) is 3.10. The maximum Gasteiger partial charge on any atom is 0.191 e. The van der Waals surface area contributed by atoms with Gasteiger partial charge in [-0.3, -0.25) is 4.99 Å². The van der Waals surface area contributed by atoms with Gasteiger partial charge < -0.3 is 20.3 Å². The minimum absolute atomic E-state index is 0.289. The van der Waals surface area contributed by atoms with E-state index in [9.17, 15) is 0 Å². The third kappa shape index (κ3) is 4.38. The molecular formula is C19H24ClN5O. The van der Waals surface area contributed by atoms with Gasteiger partial charge in [0.15, 0.2) is 5.96 Å². The summed E-state index contributed by atoms with van der Waals surface area (Å²) in [5, 5.41) is 7.52. The van der Waals surface area contributed by atoms with Gasteiger partial charge in [0.05, 0.1) is 12.1 Å². The third-order valence-electron chi connectivity index (χ3n) is 4.43. The van der Waals surface area contributed by atoms with Gasteiger partial charge in [0.2, 0.25) is 0 Å². The summed E-state index contributed by atoms with van der Waals surface area (Å²) < 4.78 is 5.39. The number of methoxy groups -OCH3 is 1. The normalized spacial score (nSPS) is 17.3. The summed E-state index contributed by atoms with van der Waals surface area (Å²) in [6.45, 7) is 2.40. The van der Waals surface area contributed by atoms with Crippen LogP contribution in [-0.2, 0) is 6.54 Å². The lowest BCUT2D eigenvalue weighted by atomic mass is 10.2. The molecule has 1 saturated heterocycles. The van der Waals surface area contributed by atoms with E-state index in [2.05, 4.69) is 25.5 Å². The Morgan fingerprint density at radius 2 is 2.19 bits per heavy atom. The van der Waals surface area contributed by atoms with E-state index in [0.29, 0.717) is 11.6 Å². The predicted molar refractivity (Wildman–Crippen MR) is 106 cm³/mol. The topological polar surface area (TPSA) is 61.8 Å². The molecule has 1 aliphatic rings. The van der Waals surface area contributed by atoms with Crippen molar-refractivity contribution >= 4 is 23.4 Å². The Bertz CT molecular complexity index is 767. The molecule has 2 aromatic rings. The first-order valence-electron chi connectivity index (χ1n) is 8.66. The number of hydrogen-bond acceptors (Lipinski definition) is 4. The molecule has 3 rings (SSSR count). The minimum atomic E-state index is 0.289. The first kappa shape index (κ1) is 18.3. The van der Waals surface area contributed by atoms with Crippen LogP contribution in [-0.4, -0.2) is 44.2 Å². The van der Waals surface area contributed by atoms with Gasteiger partial charge in [-0.05, 0) is 24.6 Å². The molecule has 1 fully saturated rings. The molecule has 1 unspecified atom stereocenters. The van der Waals surface area contributed by atoms with Crippen LogP contribution in [0.1, 0.15) is 12.0 Å². The smallest absolute Gasteiger partial charge is 0.191 e. The van der Waals surface area contributed by atoms with Crippen molar-refractivity contribution in [2.24, 2.45) is 4.99 Å². The van der Waals surface area contributed by atoms with Crippen LogP contribution in [0.2, 0.25) is 5.02 Å². The number of para-hydroxylation sites is 1. The largest absolute Gasteiger partial charge is 0.496 e. The number of guanidine groups is 1. The van der Waals surface area contributed by atoms with Gasteiger partial charge in [-0.2, -0.15) is 0 Å². The van der Waals surface area contributed by atoms with Crippen molar-refractivity contribution in [3.05, 3.63) is 53.2 Å². The monoisotopic (exact) mass is 373 g/mol. The van der Waals surface area contributed by atoms with Gasteiger partial charge in [-0.1, -0.05) is 29.8 Å². The van der Waals surface area contributed by atoms with Gasteiger partial charge in [-0.25, -0.2) is 4.98 Å². The molecule has 2 N–H and O–H groups in total. The van der Waals surface area contributed by atoms with Crippen molar-refractivity contribution in [2.45, 2.75) is 19.0 Å². The summed E-state index contributed by atoms with van der Waals surface area (Å²) in [6.07, 6.45) is 2.78. The van der Waals surface area contributed by atoms with Gasteiger partial charge in [-0.15, -0.1) is 0 Å². The van der Waals surface area contributed by atoms with Crippen LogP contribution in [0.3, 0.4) is 0 Å². The van der Waals surface area contributed by atoms with E-state index in [1.807, 2.05) is 36.4 Å². The summed E-state index contributed by atoms with van der Waals surface area (Å²) in [7, 11) is 3.46. The molecule has 1 atom stereocenters. The minimum Gasteiger partial charge on any atom is -0.496 e. The van der Waals surface area contributed by atoms with Crippen LogP contribution >= 0.6 is 11.6 Å². The maximum atomic E-state index is 6.26. The SMILES string of the molecule is CN=C(NCc1ccccc1OC)NC1CCN(c2ncccc2Cl)C1. The standard InChI is InChI=1S/C19H24ClN5O/c1-21-19(23-12-14-6-3-4-8-17(14)26-2)24-15-9-11-25(13-15)18-16(20)7-5-10-22-18/h3-8,10,15H,9,11-13H2,1-2H3,(H2,21,23,24). The summed E-state index contributed by atoms with van der Waals surface area (Å²) in [6, 6.07) is 12.0. The van der Waals surface area contributed by atoms with E-state index in [-0.39, 0.29) is 6.04 Å². The van der Waals surface area contributed by atoms with Crippen molar-refractivity contribution in [1.82, 2.24) is 15.6 Å². The number of benzene rings is 1. The first-order chi connectivity index (χ1) is 12.7. The number of nitrogens with one attached hydrogen (secondary N) is 2. The molecule has 1 aromatic carbocycles. The van der Waals surface area contributed by atoms with E-state index >= 15 is 0 Å². The number of anilines is 1. The summed E-state index contributed by atoms with van der Waals surface area (Å²) in [4.78, 5) is 10.9. The van der Waals surface area contributed by atoms with Crippen LogP contribution < -0.4 is 20.3 Å². The van der Waals surface area contributed by atoms with Crippen LogP contribution in [0.4, 0.5) is 5.82 Å². The molecule has 1 aliphatic heterocycles. The number of hydrogen-bond donors (Lipinski definition) is 2. The van der Waals surface area contributed by atoms with Crippen molar-refractivity contribution < 1.29 is 4.74 Å². The van der Waals surface area contributed by atoms with E-state index in [4.69, 9.17) is 16.3 Å². The second-order valence-electron chi connectivity index (χ2n) is 6.12. The molecular weight excluding hydrogens is 350 g/mol. The van der Waals surface area contributed by atoms with Gasteiger partial charge in [0, 0.05) is 44.5 Å². The predicted octanol–water partition coefficient (Wildman–Crippen LogP) is 2.69. The number of aliphatic imine (C=N–C) groups is 1. The number of rotatable bonds is 5. The van der Waals surface area contributed by atoms with Gasteiger partial charge >= 0.3 is 0 Å². The lowest BCUT2D eigenvalue weighted by Gasteiger charge is -2.20. The molecule has 7 heteroatoms. The molecule has 0 saturated carbocycles.